The Morgan fingerprint density at radius 2 is 2.07 bits per heavy atom. The lowest BCUT2D eigenvalue weighted by atomic mass is 10.1. The summed E-state index contributed by atoms with van der Waals surface area (Å²) in [5, 5.41) is 9.21. The van der Waals surface area contributed by atoms with Gasteiger partial charge in [-0.2, -0.15) is 0 Å². The van der Waals surface area contributed by atoms with Crippen LogP contribution in [0.25, 0.3) is 0 Å². The van der Waals surface area contributed by atoms with Gasteiger partial charge >= 0.3 is 0 Å². The third-order valence-electron chi connectivity index (χ3n) is 1.66. The van der Waals surface area contributed by atoms with E-state index < -0.39 is 14.9 Å². The molecule has 0 aliphatic carbocycles. The molecule has 0 aliphatic rings. The molecule has 0 fully saturated rings. The van der Waals surface area contributed by atoms with Crippen LogP contribution in [0, 0.1) is 5.82 Å². The lowest BCUT2D eigenvalue weighted by Crippen LogP contribution is -2.01. The summed E-state index contributed by atoms with van der Waals surface area (Å²) < 4.78 is 33.7. The fourth-order valence-corrected chi connectivity index (χ4v) is 1.68. The minimum Gasteiger partial charge on any atom is -0.508 e. The molecule has 0 saturated heterocycles. The molecule has 1 aromatic carbocycles. The molecule has 0 saturated carbocycles. The van der Waals surface area contributed by atoms with Gasteiger partial charge in [0.1, 0.15) is 11.6 Å². The lowest BCUT2D eigenvalue weighted by Gasteiger charge is -2.02. The maximum atomic E-state index is 12.5. The van der Waals surface area contributed by atoms with Crippen LogP contribution in [-0.4, -0.2) is 19.3 Å². The smallest absolute Gasteiger partial charge is 0.232 e. The van der Waals surface area contributed by atoms with Gasteiger partial charge < -0.3 is 5.11 Å². The van der Waals surface area contributed by atoms with Gasteiger partial charge in [-0.1, -0.05) is 6.07 Å². The molecule has 14 heavy (non-hydrogen) atoms. The van der Waals surface area contributed by atoms with Crippen LogP contribution >= 0.6 is 10.7 Å². The Labute approximate surface area is 85.6 Å². The summed E-state index contributed by atoms with van der Waals surface area (Å²) in [5.74, 6) is -1.11. The van der Waals surface area contributed by atoms with Crippen molar-refractivity contribution in [3.63, 3.8) is 0 Å². The molecule has 1 N–H and O–H groups in total. The molecular formula is C8H8ClFO3S. The Kier molecular flexibility index (Phi) is 3.34. The molecule has 0 bridgehead atoms. The number of phenols is 1. The Morgan fingerprint density at radius 1 is 1.43 bits per heavy atom. The summed E-state index contributed by atoms with van der Waals surface area (Å²) in [7, 11) is 1.40. The molecule has 0 heterocycles. The van der Waals surface area contributed by atoms with Gasteiger partial charge in [0.15, 0.2) is 0 Å². The molecule has 0 amide bonds. The first kappa shape index (κ1) is 11.3. The maximum Gasteiger partial charge on any atom is 0.232 e. The molecule has 3 nitrogen and oxygen atoms in total. The summed E-state index contributed by atoms with van der Waals surface area (Å²) in [6.07, 6.45) is 0.0674. The van der Waals surface area contributed by atoms with E-state index in [1.807, 2.05) is 0 Å². The van der Waals surface area contributed by atoms with E-state index >= 15 is 0 Å². The second-order valence-electron chi connectivity index (χ2n) is 2.77. The van der Waals surface area contributed by atoms with Crippen LogP contribution < -0.4 is 0 Å². The maximum absolute atomic E-state index is 12.5. The van der Waals surface area contributed by atoms with Gasteiger partial charge in [-0.25, -0.2) is 12.8 Å². The van der Waals surface area contributed by atoms with E-state index in [-0.39, 0.29) is 17.9 Å². The highest BCUT2D eigenvalue weighted by molar-refractivity contribution is 8.13. The SMILES string of the molecule is O=S(=O)(Cl)CCc1ccc(F)cc1O. The second-order valence-corrected chi connectivity index (χ2v) is 5.66. The van der Waals surface area contributed by atoms with Crippen molar-refractivity contribution < 1.29 is 17.9 Å². The van der Waals surface area contributed by atoms with Crippen molar-refractivity contribution in [3.05, 3.63) is 29.6 Å². The first-order valence-corrected chi connectivity index (χ1v) is 6.26. The van der Waals surface area contributed by atoms with E-state index in [9.17, 15) is 17.9 Å². The molecule has 0 aliphatic heterocycles. The first-order chi connectivity index (χ1) is 6.38. The van der Waals surface area contributed by atoms with Gasteiger partial charge in [0.2, 0.25) is 9.05 Å². The van der Waals surface area contributed by atoms with Crippen LogP contribution in [-0.2, 0) is 15.5 Å². The highest BCUT2D eigenvalue weighted by Gasteiger charge is 2.08. The van der Waals surface area contributed by atoms with Crippen LogP contribution in [0.4, 0.5) is 4.39 Å². The number of aryl methyl sites for hydroxylation is 1. The molecule has 0 spiro atoms. The standard InChI is InChI=1S/C8H8ClFO3S/c9-14(12,13)4-3-6-1-2-7(10)5-8(6)11/h1-2,5,11H,3-4H2. The third-order valence-corrected chi connectivity index (χ3v) is 2.82. The van der Waals surface area contributed by atoms with E-state index in [1.54, 1.807) is 0 Å². The molecular weight excluding hydrogens is 231 g/mol. The number of rotatable bonds is 3. The summed E-state index contributed by atoms with van der Waals surface area (Å²) >= 11 is 0. The number of hydrogen-bond donors (Lipinski definition) is 1. The Balaban J connectivity index is 2.78. The highest BCUT2D eigenvalue weighted by Crippen LogP contribution is 2.19. The van der Waals surface area contributed by atoms with Crippen LogP contribution in [0.2, 0.25) is 0 Å². The highest BCUT2D eigenvalue weighted by atomic mass is 35.7. The minimum absolute atomic E-state index is 0.0674. The van der Waals surface area contributed by atoms with Crippen molar-refractivity contribution in [1.82, 2.24) is 0 Å². The fourth-order valence-electron chi connectivity index (χ4n) is 0.980. The predicted molar refractivity (Wildman–Crippen MR) is 51.4 cm³/mol. The van der Waals surface area contributed by atoms with Gasteiger partial charge in [-0.15, -0.1) is 0 Å². The van der Waals surface area contributed by atoms with E-state index in [0.717, 1.165) is 12.1 Å². The molecule has 0 atom stereocenters. The molecule has 6 heteroatoms. The summed E-state index contributed by atoms with van der Waals surface area (Å²) in [6.45, 7) is 0. The van der Waals surface area contributed by atoms with Crippen molar-refractivity contribution in [2.75, 3.05) is 5.75 Å². The number of aromatic hydroxyl groups is 1. The van der Waals surface area contributed by atoms with Crippen LogP contribution in [0.3, 0.4) is 0 Å². The third kappa shape index (κ3) is 3.51. The number of hydrogen-bond acceptors (Lipinski definition) is 3. The Morgan fingerprint density at radius 3 is 2.57 bits per heavy atom. The van der Waals surface area contributed by atoms with Crippen LogP contribution in [0.1, 0.15) is 5.56 Å². The van der Waals surface area contributed by atoms with Crippen molar-refractivity contribution in [1.29, 1.82) is 0 Å². The molecule has 1 aromatic rings. The number of benzene rings is 1. The van der Waals surface area contributed by atoms with E-state index in [2.05, 4.69) is 0 Å². The Hall–Kier alpha value is -0.810. The van der Waals surface area contributed by atoms with Crippen molar-refractivity contribution >= 4 is 19.7 Å². The van der Waals surface area contributed by atoms with Crippen molar-refractivity contribution in [2.24, 2.45) is 0 Å². The van der Waals surface area contributed by atoms with Gasteiger partial charge in [0.25, 0.3) is 0 Å². The zero-order valence-corrected chi connectivity index (χ0v) is 8.65. The lowest BCUT2D eigenvalue weighted by molar-refractivity contribution is 0.462. The van der Waals surface area contributed by atoms with E-state index in [4.69, 9.17) is 10.7 Å². The minimum atomic E-state index is -3.58. The zero-order valence-electron chi connectivity index (χ0n) is 7.07. The molecule has 1 rings (SSSR count). The second kappa shape index (κ2) is 4.14. The van der Waals surface area contributed by atoms with Crippen molar-refractivity contribution in [3.8, 4) is 5.75 Å². The van der Waals surface area contributed by atoms with Crippen molar-refractivity contribution in [2.45, 2.75) is 6.42 Å². The quantitative estimate of drug-likeness (QED) is 0.815. The summed E-state index contributed by atoms with van der Waals surface area (Å²) in [4.78, 5) is 0. The average Bonchev–Trinajstić information content (AvgIpc) is 2.00. The average molecular weight is 239 g/mol. The first-order valence-electron chi connectivity index (χ1n) is 3.78. The van der Waals surface area contributed by atoms with Gasteiger partial charge in [-0.05, 0) is 18.1 Å². The van der Waals surface area contributed by atoms with E-state index in [0.29, 0.717) is 5.56 Å². The normalized spacial score (nSPS) is 11.6. The number of phenolic OH excluding ortho intramolecular Hbond substituents is 1. The summed E-state index contributed by atoms with van der Waals surface area (Å²) in [6, 6.07) is 3.40. The molecule has 78 valence electrons. The largest absolute Gasteiger partial charge is 0.508 e. The number of halogens is 2. The van der Waals surface area contributed by atoms with Gasteiger partial charge in [-0.3, -0.25) is 0 Å². The molecule has 0 aromatic heterocycles. The molecule has 0 radical (unpaired) electrons. The van der Waals surface area contributed by atoms with Gasteiger partial charge in [0, 0.05) is 16.7 Å². The monoisotopic (exact) mass is 238 g/mol. The zero-order chi connectivity index (χ0) is 10.8. The van der Waals surface area contributed by atoms with Crippen LogP contribution in [0.5, 0.6) is 5.75 Å². The predicted octanol–water partition coefficient (Wildman–Crippen LogP) is 1.64. The topological polar surface area (TPSA) is 54.4 Å². The summed E-state index contributed by atoms with van der Waals surface area (Å²) in [5.41, 5.74) is 0.357. The van der Waals surface area contributed by atoms with Crippen LogP contribution in [0.15, 0.2) is 18.2 Å². The fraction of sp³-hybridized carbons (Fsp3) is 0.250. The molecule has 0 unspecified atom stereocenters. The Bertz CT molecular complexity index is 430. The van der Waals surface area contributed by atoms with Gasteiger partial charge in [0.05, 0.1) is 5.75 Å². The van der Waals surface area contributed by atoms with E-state index in [1.165, 1.54) is 6.07 Å².